The number of nitrogens with one attached hydrogen (secondary N) is 1. The van der Waals surface area contributed by atoms with E-state index in [0.29, 0.717) is 5.75 Å². The van der Waals surface area contributed by atoms with E-state index in [0.717, 1.165) is 21.0 Å². The summed E-state index contributed by atoms with van der Waals surface area (Å²) in [4.78, 5) is 19.7. The van der Waals surface area contributed by atoms with Gasteiger partial charge in [-0.1, -0.05) is 23.5 Å². The number of fused-ring (bicyclic) bond motifs is 1. The van der Waals surface area contributed by atoms with Gasteiger partial charge in [-0.3, -0.25) is 0 Å². The molecule has 0 radical (unpaired) electrons. The quantitative estimate of drug-likeness (QED) is 0.523. The van der Waals surface area contributed by atoms with Crippen molar-refractivity contribution in [3.63, 3.8) is 0 Å². The molecule has 2 aromatic carbocycles. The first-order valence-corrected chi connectivity index (χ1v) is 8.59. The topological polar surface area (TPSA) is 84.3 Å². The van der Waals surface area contributed by atoms with E-state index >= 15 is 0 Å². The average molecular weight is 363 g/mol. The number of pyridine rings is 1. The Labute approximate surface area is 152 Å². The molecule has 0 aliphatic rings. The van der Waals surface area contributed by atoms with Crippen molar-refractivity contribution in [2.45, 2.75) is 0 Å². The molecule has 0 bridgehead atoms. The minimum absolute atomic E-state index is 0.0178. The zero-order chi connectivity index (χ0) is 17.9. The summed E-state index contributed by atoms with van der Waals surface area (Å²) in [6.45, 7) is 0. The maximum Gasteiger partial charge on any atom is 0.341 e. The van der Waals surface area contributed by atoms with Gasteiger partial charge >= 0.3 is 5.97 Å². The molecule has 0 aliphatic heterocycles. The second-order valence-corrected chi connectivity index (χ2v) is 6.43. The Balaban J connectivity index is 1.51. The van der Waals surface area contributed by atoms with E-state index in [1.807, 2.05) is 36.4 Å². The van der Waals surface area contributed by atoms with Gasteiger partial charge in [0, 0.05) is 11.9 Å². The van der Waals surface area contributed by atoms with Gasteiger partial charge in [0.15, 0.2) is 5.13 Å². The summed E-state index contributed by atoms with van der Waals surface area (Å²) in [5, 5.41) is 13.2. The van der Waals surface area contributed by atoms with Crippen molar-refractivity contribution in [2.75, 3.05) is 5.32 Å². The minimum Gasteiger partial charge on any atom is -0.477 e. The van der Waals surface area contributed by atoms with Crippen molar-refractivity contribution in [3.05, 3.63) is 72.4 Å². The number of hydrogen-bond acceptors (Lipinski definition) is 6. The molecule has 0 saturated heterocycles. The number of benzene rings is 2. The zero-order valence-corrected chi connectivity index (χ0v) is 14.2. The predicted octanol–water partition coefficient (Wildman–Crippen LogP) is 4.93. The summed E-state index contributed by atoms with van der Waals surface area (Å²) in [6, 6.07) is 18.1. The lowest BCUT2D eigenvalue weighted by atomic mass is 10.2. The van der Waals surface area contributed by atoms with Gasteiger partial charge in [0.2, 0.25) is 5.88 Å². The molecule has 0 saturated carbocycles. The Morgan fingerprint density at radius 3 is 2.62 bits per heavy atom. The third-order valence-electron chi connectivity index (χ3n) is 3.62. The molecule has 0 unspecified atom stereocenters. The first-order valence-electron chi connectivity index (χ1n) is 7.78. The van der Waals surface area contributed by atoms with E-state index in [1.165, 1.54) is 12.3 Å². The van der Waals surface area contributed by atoms with Crippen molar-refractivity contribution < 1.29 is 14.6 Å². The van der Waals surface area contributed by atoms with Crippen LogP contribution >= 0.6 is 11.3 Å². The lowest BCUT2D eigenvalue weighted by molar-refractivity contribution is 0.0693. The predicted molar refractivity (Wildman–Crippen MR) is 101 cm³/mol. The Morgan fingerprint density at radius 2 is 1.85 bits per heavy atom. The highest BCUT2D eigenvalue weighted by molar-refractivity contribution is 7.22. The van der Waals surface area contributed by atoms with Crippen LogP contribution in [0.25, 0.3) is 10.2 Å². The summed E-state index contributed by atoms with van der Waals surface area (Å²) in [7, 11) is 0. The summed E-state index contributed by atoms with van der Waals surface area (Å²) in [6.07, 6.45) is 1.49. The molecule has 4 rings (SSSR count). The molecule has 0 aliphatic carbocycles. The van der Waals surface area contributed by atoms with E-state index in [9.17, 15) is 9.90 Å². The van der Waals surface area contributed by atoms with Crippen LogP contribution in [0.2, 0.25) is 0 Å². The van der Waals surface area contributed by atoms with E-state index < -0.39 is 5.97 Å². The van der Waals surface area contributed by atoms with Crippen LogP contribution < -0.4 is 10.1 Å². The molecule has 2 heterocycles. The molecule has 0 fully saturated rings. The number of hydrogen-bond donors (Lipinski definition) is 2. The second kappa shape index (κ2) is 6.81. The van der Waals surface area contributed by atoms with Gasteiger partial charge in [-0.15, -0.1) is 0 Å². The van der Waals surface area contributed by atoms with Gasteiger partial charge in [-0.25, -0.2) is 14.8 Å². The maximum absolute atomic E-state index is 11.2. The maximum atomic E-state index is 11.2. The molecule has 7 heteroatoms. The number of carboxylic acids is 1. The van der Waals surface area contributed by atoms with Gasteiger partial charge in [-0.05, 0) is 48.5 Å². The number of ether oxygens (including phenoxy) is 1. The standard InChI is InChI=1S/C19H13N3O3S/c23-18(24)14-4-3-11-20-17(14)25-13-9-7-12(8-10-13)21-19-22-15-5-1-2-6-16(15)26-19/h1-11H,(H,21,22)(H,23,24). The molecule has 26 heavy (non-hydrogen) atoms. The zero-order valence-electron chi connectivity index (χ0n) is 13.4. The van der Waals surface area contributed by atoms with Crippen LogP contribution in [-0.4, -0.2) is 21.0 Å². The van der Waals surface area contributed by atoms with Crippen molar-refractivity contribution in [3.8, 4) is 11.6 Å². The Hall–Kier alpha value is -3.45. The molecule has 2 N–H and O–H groups in total. The molecular formula is C19H13N3O3S. The van der Waals surface area contributed by atoms with Crippen molar-refractivity contribution in [1.82, 2.24) is 9.97 Å². The Morgan fingerprint density at radius 1 is 1.04 bits per heavy atom. The number of rotatable bonds is 5. The van der Waals surface area contributed by atoms with Gasteiger partial charge in [0.25, 0.3) is 0 Å². The van der Waals surface area contributed by atoms with E-state index in [2.05, 4.69) is 15.3 Å². The first kappa shape index (κ1) is 16.0. The number of thiazole rings is 1. The Bertz CT molecular complexity index is 1040. The van der Waals surface area contributed by atoms with Crippen LogP contribution in [0.4, 0.5) is 10.8 Å². The summed E-state index contributed by atoms with van der Waals surface area (Å²) in [5.41, 5.74) is 1.83. The summed E-state index contributed by atoms with van der Waals surface area (Å²) >= 11 is 1.58. The normalized spacial score (nSPS) is 10.6. The summed E-state index contributed by atoms with van der Waals surface area (Å²) in [5.74, 6) is -0.518. The SMILES string of the molecule is O=C(O)c1cccnc1Oc1ccc(Nc2nc3ccccc3s2)cc1. The molecule has 2 aromatic heterocycles. The first-order chi connectivity index (χ1) is 12.7. The molecule has 0 spiro atoms. The lowest BCUT2D eigenvalue weighted by Crippen LogP contribution is -2.01. The van der Waals surface area contributed by atoms with Crippen molar-refractivity contribution in [2.24, 2.45) is 0 Å². The van der Waals surface area contributed by atoms with E-state index in [1.54, 1.807) is 29.5 Å². The monoisotopic (exact) mass is 363 g/mol. The number of aromatic carboxylic acids is 1. The molecule has 0 amide bonds. The van der Waals surface area contributed by atoms with Gasteiger partial charge < -0.3 is 15.2 Å². The second-order valence-electron chi connectivity index (χ2n) is 5.40. The number of carboxylic acid groups (broad SMARTS) is 1. The number of para-hydroxylation sites is 1. The highest BCUT2D eigenvalue weighted by Gasteiger charge is 2.12. The van der Waals surface area contributed by atoms with Crippen LogP contribution in [0, 0.1) is 0 Å². The highest BCUT2D eigenvalue weighted by atomic mass is 32.1. The molecular weight excluding hydrogens is 350 g/mol. The largest absolute Gasteiger partial charge is 0.477 e. The lowest BCUT2D eigenvalue weighted by Gasteiger charge is -2.08. The fourth-order valence-electron chi connectivity index (χ4n) is 2.40. The highest BCUT2D eigenvalue weighted by Crippen LogP contribution is 2.29. The molecule has 0 atom stereocenters. The molecule has 128 valence electrons. The fraction of sp³-hybridized carbons (Fsp3) is 0. The average Bonchev–Trinajstić information content (AvgIpc) is 3.06. The third kappa shape index (κ3) is 3.33. The van der Waals surface area contributed by atoms with Crippen LogP contribution in [0.1, 0.15) is 10.4 Å². The van der Waals surface area contributed by atoms with E-state index in [-0.39, 0.29) is 11.4 Å². The molecule has 6 nitrogen and oxygen atoms in total. The van der Waals surface area contributed by atoms with E-state index in [4.69, 9.17) is 4.74 Å². The van der Waals surface area contributed by atoms with Crippen LogP contribution in [0.15, 0.2) is 66.9 Å². The van der Waals surface area contributed by atoms with Crippen LogP contribution in [0.5, 0.6) is 11.6 Å². The molecule has 4 aromatic rings. The van der Waals surface area contributed by atoms with Crippen LogP contribution in [-0.2, 0) is 0 Å². The minimum atomic E-state index is -1.08. The Kier molecular flexibility index (Phi) is 4.20. The number of carbonyl (C=O) groups is 1. The fourth-order valence-corrected chi connectivity index (χ4v) is 3.29. The summed E-state index contributed by atoms with van der Waals surface area (Å²) < 4.78 is 6.71. The third-order valence-corrected chi connectivity index (χ3v) is 4.57. The van der Waals surface area contributed by atoms with Gasteiger partial charge in [0.1, 0.15) is 11.3 Å². The van der Waals surface area contributed by atoms with Crippen LogP contribution in [0.3, 0.4) is 0 Å². The van der Waals surface area contributed by atoms with Gasteiger partial charge in [0.05, 0.1) is 10.2 Å². The van der Waals surface area contributed by atoms with Crippen molar-refractivity contribution in [1.29, 1.82) is 0 Å². The van der Waals surface area contributed by atoms with Gasteiger partial charge in [-0.2, -0.15) is 0 Å². The number of nitrogens with zero attached hydrogens (tertiary/aromatic N) is 2. The van der Waals surface area contributed by atoms with Crippen molar-refractivity contribution >= 4 is 38.3 Å². The number of aromatic nitrogens is 2. The number of anilines is 2. The smallest absolute Gasteiger partial charge is 0.341 e.